The van der Waals surface area contributed by atoms with Crippen molar-refractivity contribution in [2.45, 2.75) is 32.7 Å². The highest BCUT2D eigenvalue weighted by molar-refractivity contribution is 9.11. The van der Waals surface area contributed by atoms with Crippen molar-refractivity contribution in [3.8, 4) is 0 Å². The molecule has 1 aliphatic rings. The average molecular weight is 361 g/mol. The fourth-order valence-electron chi connectivity index (χ4n) is 2.50. The average Bonchev–Trinajstić information content (AvgIpc) is 3.09. The molecule has 0 radical (unpaired) electrons. The Bertz CT molecular complexity index is 413. The molecule has 3 heteroatoms. The van der Waals surface area contributed by atoms with Crippen LogP contribution in [0, 0.1) is 18.8 Å². The molecule has 1 aromatic carbocycles. The summed E-state index contributed by atoms with van der Waals surface area (Å²) in [4.78, 5) is 0. The third kappa shape index (κ3) is 2.94. The van der Waals surface area contributed by atoms with Gasteiger partial charge < -0.3 is 5.32 Å². The van der Waals surface area contributed by atoms with Crippen LogP contribution in [0.3, 0.4) is 0 Å². The van der Waals surface area contributed by atoms with Gasteiger partial charge in [0.1, 0.15) is 0 Å². The summed E-state index contributed by atoms with van der Waals surface area (Å²) < 4.78 is 2.41. The zero-order chi connectivity index (χ0) is 12.6. The second-order valence-electron chi connectivity index (χ2n) is 5.09. The van der Waals surface area contributed by atoms with Crippen molar-refractivity contribution in [1.29, 1.82) is 0 Å². The Balaban J connectivity index is 2.32. The van der Waals surface area contributed by atoms with E-state index in [0.29, 0.717) is 12.0 Å². The molecule has 2 atom stereocenters. The molecule has 1 aromatic rings. The molecule has 1 saturated carbocycles. The van der Waals surface area contributed by atoms with Crippen molar-refractivity contribution in [2.24, 2.45) is 11.8 Å². The van der Waals surface area contributed by atoms with Crippen LogP contribution in [0.4, 0.5) is 0 Å². The van der Waals surface area contributed by atoms with Gasteiger partial charge in [0.25, 0.3) is 0 Å². The normalized spacial score (nSPS) is 19.1. The summed E-state index contributed by atoms with van der Waals surface area (Å²) >= 11 is 7.33. The number of hydrogen-bond donors (Lipinski definition) is 1. The summed E-state index contributed by atoms with van der Waals surface area (Å²) in [6.45, 7) is 4.48. The van der Waals surface area contributed by atoms with Crippen molar-refractivity contribution in [1.82, 2.24) is 5.32 Å². The van der Waals surface area contributed by atoms with Crippen LogP contribution in [0.25, 0.3) is 0 Å². The summed E-state index contributed by atoms with van der Waals surface area (Å²) in [5.74, 6) is 1.60. The van der Waals surface area contributed by atoms with E-state index in [1.54, 1.807) is 0 Å². The number of nitrogens with one attached hydrogen (secondary N) is 1. The van der Waals surface area contributed by atoms with Gasteiger partial charge in [0.15, 0.2) is 0 Å². The summed E-state index contributed by atoms with van der Waals surface area (Å²) in [5, 5.41) is 3.48. The molecule has 0 bridgehead atoms. The first-order valence-corrected chi connectivity index (χ1v) is 7.76. The van der Waals surface area contributed by atoms with Crippen LogP contribution >= 0.6 is 31.9 Å². The minimum absolute atomic E-state index is 0.439. The highest BCUT2D eigenvalue weighted by Gasteiger charge is 2.34. The van der Waals surface area contributed by atoms with Gasteiger partial charge in [-0.1, -0.05) is 38.8 Å². The summed E-state index contributed by atoms with van der Waals surface area (Å²) in [6.07, 6.45) is 2.79. The largest absolute Gasteiger partial charge is 0.313 e. The molecule has 0 saturated heterocycles. The van der Waals surface area contributed by atoms with Crippen LogP contribution in [-0.4, -0.2) is 7.05 Å². The maximum absolute atomic E-state index is 3.70. The predicted molar refractivity (Wildman–Crippen MR) is 80.3 cm³/mol. The summed E-state index contributed by atoms with van der Waals surface area (Å²) in [5.41, 5.74) is 2.64. The zero-order valence-corrected chi connectivity index (χ0v) is 13.7. The fourth-order valence-corrected chi connectivity index (χ4v) is 3.56. The molecular formula is C14H19Br2N. The molecule has 17 heavy (non-hydrogen) atoms. The van der Waals surface area contributed by atoms with Crippen LogP contribution in [0.15, 0.2) is 21.1 Å². The fraction of sp³-hybridized carbons (Fsp3) is 0.571. The maximum Gasteiger partial charge on any atom is 0.0357 e. The van der Waals surface area contributed by atoms with Gasteiger partial charge >= 0.3 is 0 Å². The lowest BCUT2D eigenvalue weighted by molar-refractivity contribution is 0.368. The van der Waals surface area contributed by atoms with E-state index in [1.807, 2.05) is 0 Å². The van der Waals surface area contributed by atoms with E-state index in [-0.39, 0.29) is 0 Å². The van der Waals surface area contributed by atoms with Gasteiger partial charge in [-0.15, -0.1) is 0 Å². The van der Waals surface area contributed by atoms with E-state index in [9.17, 15) is 0 Å². The molecule has 0 aromatic heterocycles. The molecule has 1 aliphatic carbocycles. The van der Waals surface area contributed by atoms with Crippen molar-refractivity contribution in [2.75, 3.05) is 7.05 Å². The molecule has 2 unspecified atom stereocenters. The van der Waals surface area contributed by atoms with Crippen molar-refractivity contribution < 1.29 is 0 Å². The lowest BCUT2D eigenvalue weighted by atomic mass is 9.90. The monoisotopic (exact) mass is 359 g/mol. The first-order valence-electron chi connectivity index (χ1n) is 6.17. The molecule has 1 N–H and O–H groups in total. The van der Waals surface area contributed by atoms with Crippen molar-refractivity contribution >= 4 is 31.9 Å². The molecule has 2 rings (SSSR count). The summed E-state index contributed by atoms with van der Waals surface area (Å²) in [6, 6.07) is 4.89. The molecule has 0 heterocycles. The molecule has 1 fully saturated rings. The second-order valence-corrected chi connectivity index (χ2v) is 6.79. The van der Waals surface area contributed by atoms with Gasteiger partial charge in [-0.25, -0.2) is 0 Å². The van der Waals surface area contributed by atoms with E-state index < -0.39 is 0 Å². The minimum Gasteiger partial charge on any atom is -0.313 e. The van der Waals surface area contributed by atoms with Crippen molar-refractivity contribution in [3.63, 3.8) is 0 Å². The van der Waals surface area contributed by atoms with Gasteiger partial charge in [0, 0.05) is 15.0 Å². The highest BCUT2D eigenvalue weighted by atomic mass is 79.9. The third-order valence-electron chi connectivity index (χ3n) is 3.82. The predicted octanol–water partition coefficient (Wildman–Crippen LogP) is 4.83. The SMILES string of the molecule is CNC(c1cc(Br)c(C)cc1Br)C(C)C1CC1. The van der Waals surface area contributed by atoms with E-state index in [2.05, 4.69) is 70.2 Å². The molecule has 1 nitrogen and oxygen atoms in total. The lowest BCUT2D eigenvalue weighted by Crippen LogP contribution is -2.25. The Morgan fingerprint density at radius 3 is 2.41 bits per heavy atom. The molecule has 94 valence electrons. The topological polar surface area (TPSA) is 12.0 Å². The van der Waals surface area contributed by atoms with Crippen LogP contribution in [0.2, 0.25) is 0 Å². The quantitative estimate of drug-likeness (QED) is 0.811. The summed E-state index contributed by atoms with van der Waals surface area (Å²) in [7, 11) is 2.06. The zero-order valence-electron chi connectivity index (χ0n) is 10.6. The molecule has 0 aliphatic heterocycles. The Morgan fingerprint density at radius 2 is 1.88 bits per heavy atom. The number of halogens is 2. The van der Waals surface area contributed by atoms with E-state index in [4.69, 9.17) is 0 Å². The van der Waals surface area contributed by atoms with Crippen LogP contribution in [0.5, 0.6) is 0 Å². The van der Waals surface area contributed by atoms with Crippen LogP contribution in [-0.2, 0) is 0 Å². The first-order chi connectivity index (χ1) is 8.04. The highest BCUT2D eigenvalue weighted by Crippen LogP contribution is 2.44. The van der Waals surface area contributed by atoms with Gasteiger partial charge in [-0.3, -0.25) is 0 Å². The molecule has 0 amide bonds. The number of benzene rings is 1. The van der Waals surface area contributed by atoms with Gasteiger partial charge in [0.05, 0.1) is 0 Å². The standard InChI is InChI=1S/C14H19Br2N/c1-8-6-13(16)11(7-12(8)15)14(17-3)9(2)10-4-5-10/h6-7,9-10,14,17H,4-5H2,1-3H3. The van der Waals surface area contributed by atoms with E-state index >= 15 is 0 Å². The molecular weight excluding hydrogens is 342 g/mol. The second kappa shape index (κ2) is 5.41. The van der Waals surface area contributed by atoms with Gasteiger partial charge in [-0.2, -0.15) is 0 Å². The minimum atomic E-state index is 0.439. The number of aryl methyl sites for hydroxylation is 1. The number of rotatable bonds is 4. The molecule has 0 spiro atoms. The van der Waals surface area contributed by atoms with Crippen LogP contribution < -0.4 is 5.32 Å². The third-order valence-corrected chi connectivity index (χ3v) is 5.36. The van der Waals surface area contributed by atoms with E-state index in [1.165, 1.54) is 32.9 Å². The Hall–Kier alpha value is 0.140. The van der Waals surface area contributed by atoms with Crippen LogP contribution in [0.1, 0.15) is 36.9 Å². The van der Waals surface area contributed by atoms with Gasteiger partial charge in [0.2, 0.25) is 0 Å². The smallest absolute Gasteiger partial charge is 0.0357 e. The number of hydrogen-bond acceptors (Lipinski definition) is 1. The van der Waals surface area contributed by atoms with Crippen molar-refractivity contribution in [3.05, 3.63) is 32.2 Å². The first kappa shape index (κ1) is 13.6. The van der Waals surface area contributed by atoms with Gasteiger partial charge in [-0.05, 0) is 61.9 Å². The Morgan fingerprint density at radius 1 is 1.24 bits per heavy atom. The Labute approximate surface area is 121 Å². The maximum atomic E-state index is 3.70. The van der Waals surface area contributed by atoms with E-state index in [0.717, 1.165) is 5.92 Å². The Kier molecular flexibility index (Phi) is 4.32. The lowest BCUT2D eigenvalue weighted by Gasteiger charge is -2.25.